The van der Waals surface area contributed by atoms with Gasteiger partial charge in [0, 0.05) is 20.1 Å². The molecule has 0 radical (unpaired) electrons. The van der Waals surface area contributed by atoms with Crippen LogP contribution in [0, 0.1) is 0 Å². The first-order valence-corrected chi connectivity index (χ1v) is 4.93. The maximum absolute atomic E-state index is 11.7. The fourth-order valence-electron chi connectivity index (χ4n) is 1.75. The van der Waals surface area contributed by atoms with Crippen LogP contribution >= 0.6 is 0 Å². The van der Waals surface area contributed by atoms with Gasteiger partial charge >= 0.3 is 0 Å². The molecule has 0 amide bonds. The molecule has 2 aromatic rings. The van der Waals surface area contributed by atoms with Crippen molar-refractivity contribution in [3.05, 3.63) is 34.1 Å². The van der Waals surface area contributed by atoms with Crippen molar-refractivity contribution in [2.24, 2.45) is 19.8 Å². The highest BCUT2D eigenvalue weighted by molar-refractivity contribution is 5.79. The molecule has 0 bridgehead atoms. The van der Waals surface area contributed by atoms with E-state index in [1.807, 2.05) is 36.9 Å². The zero-order chi connectivity index (χ0) is 11.2. The number of rotatable bonds is 1. The van der Waals surface area contributed by atoms with Crippen molar-refractivity contribution in [2.45, 2.75) is 13.0 Å². The fraction of sp³-hybridized carbons (Fsp3) is 0.364. The summed E-state index contributed by atoms with van der Waals surface area (Å²) in [5.74, 6) is 0. The van der Waals surface area contributed by atoms with Gasteiger partial charge in [-0.15, -0.1) is 0 Å². The van der Waals surface area contributed by atoms with Crippen molar-refractivity contribution in [1.29, 1.82) is 0 Å². The molecule has 4 heteroatoms. The molecular formula is C11H15N3O. The number of benzene rings is 1. The van der Waals surface area contributed by atoms with Gasteiger partial charge in [0.1, 0.15) is 0 Å². The third-order valence-electron chi connectivity index (χ3n) is 2.87. The quantitative estimate of drug-likeness (QED) is 0.752. The highest BCUT2D eigenvalue weighted by atomic mass is 16.1. The number of hydrogen-bond donors (Lipinski definition) is 1. The van der Waals surface area contributed by atoms with Gasteiger partial charge in [0.05, 0.1) is 10.9 Å². The number of nitrogens with zero attached hydrogens (tertiary/aromatic N) is 2. The van der Waals surface area contributed by atoms with Crippen LogP contribution in [0.2, 0.25) is 0 Å². The third kappa shape index (κ3) is 1.37. The summed E-state index contributed by atoms with van der Waals surface area (Å²) in [6.45, 7) is 1.93. The summed E-state index contributed by atoms with van der Waals surface area (Å²) in [5.41, 5.74) is 7.81. The van der Waals surface area contributed by atoms with Crippen molar-refractivity contribution in [2.75, 3.05) is 0 Å². The largest absolute Gasteiger partial charge is 0.324 e. The topological polar surface area (TPSA) is 53.0 Å². The normalized spacial score (nSPS) is 13.3. The molecule has 4 nitrogen and oxygen atoms in total. The third-order valence-corrected chi connectivity index (χ3v) is 2.87. The molecule has 1 aromatic heterocycles. The first kappa shape index (κ1) is 9.98. The molecule has 1 atom stereocenters. The lowest BCUT2D eigenvalue weighted by Crippen LogP contribution is -2.16. The first-order chi connectivity index (χ1) is 7.02. The van der Waals surface area contributed by atoms with Gasteiger partial charge < -0.3 is 5.73 Å². The lowest BCUT2D eigenvalue weighted by atomic mass is 10.1. The van der Waals surface area contributed by atoms with Crippen LogP contribution in [0.1, 0.15) is 18.5 Å². The monoisotopic (exact) mass is 205 g/mol. The lowest BCUT2D eigenvalue weighted by Gasteiger charge is -2.06. The van der Waals surface area contributed by atoms with Gasteiger partial charge in [-0.05, 0) is 24.6 Å². The Labute approximate surface area is 87.9 Å². The Morgan fingerprint density at radius 2 is 1.93 bits per heavy atom. The summed E-state index contributed by atoms with van der Waals surface area (Å²) in [6, 6.07) is 5.72. The molecule has 1 heterocycles. The van der Waals surface area contributed by atoms with E-state index in [4.69, 9.17) is 5.73 Å². The van der Waals surface area contributed by atoms with Crippen LogP contribution in [-0.4, -0.2) is 9.36 Å². The SMILES string of the molecule is CC(N)c1ccc2c(=O)n(C)n(C)c2c1. The van der Waals surface area contributed by atoms with E-state index in [0.717, 1.165) is 16.5 Å². The fourth-order valence-corrected chi connectivity index (χ4v) is 1.75. The molecule has 2 N–H and O–H groups in total. The van der Waals surface area contributed by atoms with E-state index in [1.165, 1.54) is 0 Å². The molecule has 0 aliphatic carbocycles. The van der Waals surface area contributed by atoms with Crippen molar-refractivity contribution in [3.8, 4) is 0 Å². The predicted molar refractivity (Wildman–Crippen MR) is 60.8 cm³/mol. The summed E-state index contributed by atoms with van der Waals surface area (Å²) < 4.78 is 3.43. The van der Waals surface area contributed by atoms with E-state index in [2.05, 4.69) is 0 Å². The first-order valence-electron chi connectivity index (χ1n) is 4.93. The minimum Gasteiger partial charge on any atom is -0.324 e. The van der Waals surface area contributed by atoms with Gasteiger partial charge in [0.15, 0.2) is 0 Å². The molecular weight excluding hydrogens is 190 g/mol. The second-order valence-electron chi connectivity index (χ2n) is 3.92. The molecule has 1 aromatic carbocycles. The van der Waals surface area contributed by atoms with E-state index >= 15 is 0 Å². The minimum absolute atomic E-state index is 0.00953. The maximum Gasteiger partial charge on any atom is 0.274 e. The number of fused-ring (bicyclic) bond motifs is 1. The lowest BCUT2D eigenvalue weighted by molar-refractivity contribution is 0.595. The standard InChI is InChI=1S/C11H15N3O/c1-7(12)8-4-5-9-10(6-8)13(2)14(3)11(9)15/h4-7H,12H2,1-3H3. The van der Waals surface area contributed by atoms with Crippen molar-refractivity contribution >= 4 is 10.9 Å². The van der Waals surface area contributed by atoms with Crippen molar-refractivity contribution in [1.82, 2.24) is 9.36 Å². The molecule has 0 fully saturated rings. The highest BCUT2D eigenvalue weighted by Gasteiger charge is 2.09. The van der Waals surface area contributed by atoms with Crippen LogP contribution < -0.4 is 11.3 Å². The Balaban J connectivity index is 2.83. The highest BCUT2D eigenvalue weighted by Crippen LogP contribution is 2.16. The van der Waals surface area contributed by atoms with Gasteiger partial charge in [-0.1, -0.05) is 6.07 Å². The molecule has 0 saturated carbocycles. The van der Waals surface area contributed by atoms with E-state index in [1.54, 1.807) is 11.7 Å². The van der Waals surface area contributed by atoms with Crippen LogP contribution in [0.4, 0.5) is 0 Å². The Morgan fingerprint density at radius 3 is 2.53 bits per heavy atom. The average Bonchev–Trinajstić information content (AvgIpc) is 2.44. The predicted octanol–water partition coefficient (Wildman–Crippen LogP) is 0.897. The number of aromatic nitrogens is 2. The summed E-state index contributed by atoms with van der Waals surface area (Å²) in [6.07, 6.45) is 0. The summed E-state index contributed by atoms with van der Waals surface area (Å²) in [5, 5.41) is 0.740. The minimum atomic E-state index is -0.00953. The summed E-state index contributed by atoms with van der Waals surface area (Å²) in [4.78, 5) is 11.7. The Morgan fingerprint density at radius 1 is 1.27 bits per heavy atom. The smallest absolute Gasteiger partial charge is 0.274 e. The maximum atomic E-state index is 11.7. The number of nitrogens with two attached hydrogens (primary N) is 1. The van der Waals surface area contributed by atoms with E-state index < -0.39 is 0 Å². The Kier molecular flexibility index (Phi) is 2.16. The second kappa shape index (κ2) is 3.24. The molecule has 0 saturated heterocycles. The van der Waals surface area contributed by atoms with Gasteiger partial charge in [0.2, 0.25) is 0 Å². The zero-order valence-electron chi connectivity index (χ0n) is 9.19. The van der Waals surface area contributed by atoms with Crippen LogP contribution in [0.5, 0.6) is 0 Å². The summed E-state index contributed by atoms with van der Waals surface area (Å²) in [7, 11) is 3.63. The number of hydrogen-bond acceptors (Lipinski definition) is 2. The molecule has 15 heavy (non-hydrogen) atoms. The van der Waals surface area contributed by atoms with Crippen molar-refractivity contribution < 1.29 is 0 Å². The van der Waals surface area contributed by atoms with E-state index in [9.17, 15) is 4.79 Å². The van der Waals surface area contributed by atoms with Crippen LogP contribution in [0.25, 0.3) is 10.9 Å². The Hall–Kier alpha value is -1.55. The van der Waals surface area contributed by atoms with E-state index in [-0.39, 0.29) is 11.6 Å². The van der Waals surface area contributed by atoms with Gasteiger partial charge in [-0.2, -0.15) is 0 Å². The molecule has 0 aliphatic rings. The molecule has 2 rings (SSSR count). The van der Waals surface area contributed by atoms with Gasteiger partial charge in [0.25, 0.3) is 5.56 Å². The average molecular weight is 205 g/mol. The number of aryl methyl sites for hydroxylation is 1. The molecule has 0 spiro atoms. The summed E-state index contributed by atoms with van der Waals surface area (Å²) >= 11 is 0. The second-order valence-corrected chi connectivity index (χ2v) is 3.92. The van der Waals surface area contributed by atoms with Gasteiger partial charge in [-0.25, -0.2) is 0 Å². The van der Waals surface area contributed by atoms with Crippen LogP contribution in [-0.2, 0) is 14.1 Å². The van der Waals surface area contributed by atoms with Crippen molar-refractivity contribution in [3.63, 3.8) is 0 Å². The molecule has 1 unspecified atom stereocenters. The van der Waals surface area contributed by atoms with Crippen LogP contribution in [0.3, 0.4) is 0 Å². The van der Waals surface area contributed by atoms with Gasteiger partial charge in [-0.3, -0.25) is 14.2 Å². The van der Waals surface area contributed by atoms with Crippen LogP contribution in [0.15, 0.2) is 23.0 Å². The van der Waals surface area contributed by atoms with E-state index in [0.29, 0.717) is 0 Å². The molecule has 0 aliphatic heterocycles. The Bertz CT molecular complexity index is 563. The zero-order valence-corrected chi connectivity index (χ0v) is 9.19. The molecule has 80 valence electrons.